The predicted molar refractivity (Wildman–Crippen MR) is 77.6 cm³/mol. The molecule has 7 heteroatoms. The van der Waals surface area contributed by atoms with Crippen LogP contribution in [0.4, 0.5) is 11.6 Å². The molecule has 3 N–H and O–H groups in total. The molecule has 0 saturated carbocycles. The van der Waals surface area contributed by atoms with Crippen LogP contribution in [0, 0.1) is 0 Å². The molecule has 2 atom stereocenters. The third kappa shape index (κ3) is 3.17. The molecule has 1 fully saturated rings. The van der Waals surface area contributed by atoms with E-state index >= 15 is 0 Å². The maximum absolute atomic E-state index is 5.48. The highest BCUT2D eigenvalue weighted by Crippen LogP contribution is 2.23. The average Bonchev–Trinajstić information content (AvgIpc) is 2.90. The standard InChI is InChI=1S/C13H23N5O2/c1-4-5-11-15-12(17-14)6-13(16-11)18-7-9(19-2)10(8-18)20-3/h6,9-10H,4-5,7-8,14H2,1-3H3,(H,15,16,17). The third-order valence-electron chi connectivity index (χ3n) is 3.53. The summed E-state index contributed by atoms with van der Waals surface area (Å²) < 4.78 is 10.9. The van der Waals surface area contributed by atoms with Gasteiger partial charge in [-0.2, -0.15) is 0 Å². The highest BCUT2D eigenvalue weighted by Gasteiger charge is 2.33. The van der Waals surface area contributed by atoms with Gasteiger partial charge in [-0.15, -0.1) is 0 Å². The summed E-state index contributed by atoms with van der Waals surface area (Å²) in [7, 11) is 3.41. The maximum atomic E-state index is 5.48. The number of hydrogen-bond donors (Lipinski definition) is 2. The van der Waals surface area contributed by atoms with Crippen molar-refractivity contribution >= 4 is 11.6 Å². The van der Waals surface area contributed by atoms with Gasteiger partial charge in [-0.25, -0.2) is 15.8 Å². The normalized spacial score (nSPS) is 22.3. The molecule has 1 aliphatic heterocycles. The lowest BCUT2D eigenvalue weighted by Crippen LogP contribution is -2.27. The Balaban J connectivity index is 2.21. The summed E-state index contributed by atoms with van der Waals surface area (Å²) in [5.41, 5.74) is 2.60. The lowest BCUT2D eigenvalue weighted by Gasteiger charge is -2.18. The summed E-state index contributed by atoms with van der Waals surface area (Å²) in [6.45, 7) is 3.60. The summed E-state index contributed by atoms with van der Waals surface area (Å²) in [6.07, 6.45) is 1.94. The van der Waals surface area contributed by atoms with E-state index in [1.54, 1.807) is 14.2 Å². The number of hydrogen-bond acceptors (Lipinski definition) is 7. The van der Waals surface area contributed by atoms with Gasteiger partial charge < -0.3 is 19.8 Å². The zero-order valence-corrected chi connectivity index (χ0v) is 12.3. The fraction of sp³-hybridized carbons (Fsp3) is 0.692. The predicted octanol–water partition coefficient (Wildman–Crippen LogP) is 0.565. The van der Waals surface area contributed by atoms with Gasteiger partial charge in [-0.3, -0.25) is 0 Å². The molecule has 1 aromatic rings. The van der Waals surface area contributed by atoms with Gasteiger partial charge in [0.2, 0.25) is 0 Å². The minimum atomic E-state index is 0.0545. The van der Waals surface area contributed by atoms with E-state index < -0.39 is 0 Å². The summed E-state index contributed by atoms with van der Waals surface area (Å²) in [5, 5.41) is 0. The fourth-order valence-corrected chi connectivity index (χ4v) is 2.44. The summed E-state index contributed by atoms with van der Waals surface area (Å²) in [4.78, 5) is 11.1. The third-order valence-corrected chi connectivity index (χ3v) is 3.53. The lowest BCUT2D eigenvalue weighted by atomic mass is 10.3. The van der Waals surface area contributed by atoms with Crippen LogP contribution in [0.3, 0.4) is 0 Å². The van der Waals surface area contributed by atoms with E-state index in [4.69, 9.17) is 15.3 Å². The van der Waals surface area contributed by atoms with Gasteiger partial charge in [0.25, 0.3) is 0 Å². The van der Waals surface area contributed by atoms with Gasteiger partial charge in [0, 0.05) is 39.8 Å². The van der Waals surface area contributed by atoms with E-state index in [0.29, 0.717) is 5.82 Å². The van der Waals surface area contributed by atoms with Crippen molar-refractivity contribution in [1.29, 1.82) is 0 Å². The first kappa shape index (κ1) is 15.0. The van der Waals surface area contributed by atoms with Crippen molar-refractivity contribution in [3.05, 3.63) is 11.9 Å². The summed E-state index contributed by atoms with van der Waals surface area (Å²) in [5.74, 6) is 7.77. The molecule has 0 aromatic carbocycles. The zero-order chi connectivity index (χ0) is 14.5. The molecule has 2 unspecified atom stereocenters. The van der Waals surface area contributed by atoms with Crippen LogP contribution in [-0.4, -0.2) is 49.5 Å². The SMILES string of the molecule is CCCc1nc(NN)cc(N2CC(OC)C(OC)C2)n1. The number of nitrogens with one attached hydrogen (secondary N) is 1. The van der Waals surface area contributed by atoms with Gasteiger partial charge in [0.15, 0.2) is 0 Å². The van der Waals surface area contributed by atoms with Gasteiger partial charge in [-0.1, -0.05) is 6.92 Å². The number of nitrogens with two attached hydrogens (primary N) is 1. The molecule has 1 saturated heterocycles. The number of nitrogens with zero attached hydrogens (tertiary/aromatic N) is 3. The van der Waals surface area contributed by atoms with Crippen molar-refractivity contribution in [3.8, 4) is 0 Å². The highest BCUT2D eigenvalue weighted by molar-refractivity contribution is 5.50. The van der Waals surface area contributed by atoms with Gasteiger partial charge in [-0.05, 0) is 6.42 Å². The molecule has 1 aliphatic rings. The molecule has 112 valence electrons. The molecule has 0 amide bonds. The van der Waals surface area contributed by atoms with Crippen LogP contribution in [0.1, 0.15) is 19.2 Å². The van der Waals surface area contributed by atoms with Crippen LogP contribution in [0.5, 0.6) is 0 Å². The second-order valence-corrected chi connectivity index (χ2v) is 4.88. The molecule has 7 nitrogen and oxygen atoms in total. The lowest BCUT2D eigenvalue weighted by molar-refractivity contribution is -0.00461. The Labute approximate surface area is 119 Å². The van der Waals surface area contributed by atoms with Gasteiger partial charge >= 0.3 is 0 Å². The average molecular weight is 281 g/mol. The van der Waals surface area contributed by atoms with Gasteiger partial charge in [0.1, 0.15) is 29.7 Å². The van der Waals surface area contributed by atoms with Crippen molar-refractivity contribution < 1.29 is 9.47 Å². The van der Waals surface area contributed by atoms with Crippen molar-refractivity contribution in [2.75, 3.05) is 37.6 Å². The van der Waals surface area contributed by atoms with E-state index in [2.05, 4.69) is 27.2 Å². The number of hydrazine groups is 1. The van der Waals surface area contributed by atoms with Crippen LogP contribution in [-0.2, 0) is 15.9 Å². The van der Waals surface area contributed by atoms with Crippen LogP contribution < -0.4 is 16.2 Å². The van der Waals surface area contributed by atoms with E-state index in [1.165, 1.54) is 0 Å². The number of aromatic nitrogens is 2. The Kier molecular flexibility index (Phi) is 5.11. The summed E-state index contributed by atoms with van der Waals surface area (Å²) >= 11 is 0. The van der Waals surface area contributed by atoms with Crippen LogP contribution >= 0.6 is 0 Å². The molecular weight excluding hydrogens is 258 g/mol. The number of aryl methyl sites for hydroxylation is 1. The first-order chi connectivity index (χ1) is 9.71. The highest BCUT2D eigenvalue weighted by atomic mass is 16.5. The minimum absolute atomic E-state index is 0.0545. The van der Waals surface area contributed by atoms with E-state index in [1.807, 2.05) is 6.07 Å². The molecule has 0 spiro atoms. The van der Waals surface area contributed by atoms with E-state index in [0.717, 1.165) is 37.6 Å². The number of methoxy groups -OCH3 is 2. The first-order valence-electron chi connectivity index (χ1n) is 6.86. The Morgan fingerprint density at radius 2 is 1.95 bits per heavy atom. The quantitative estimate of drug-likeness (QED) is 0.582. The van der Waals surface area contributed by atoms with E-state index in [-0.39, 0.29) is 12.2 Å². The second kappa shape index (κ2) is 6.83. The monoisotopic (exact) mass is 281 g/mol. The van der Waals surface area contributed by atoms with Crippen molar-refractivity contribution in [1.82, 2.24) is 9.97 Å². The van der Waals surface area contributed by atoms with Crippen molar-refractivity contribution in [2.24, 2.45) is 5.84 Å². The molecule has 2 rings (SSSR count). The topological polar surface area (TPSA) is 85.5 Å². The molecule has 2 heterocycles. The minimum Gasteiger partial charge on any atom is -0.377 e. The smallest absolute Gasteiger partial charge is 0.145 e. The fourth-order valence-electron chi connectivity index (χ4n) is 2.44. The summed E-state index contributed by atoms with van der Waals surface area (Å²) in [6, 6.07) is 1.85. The largest absolute Gasteiger partial charge is 0.377 e. The van der Waals surface area contributed by atoms with Crippen molar-refractivity contribution in [2.45, 2.75) is 32.0 Å². The number of rotatable bonds is 6. The number of anilines is 2. The first-order valence-corrected chi connectivity index (χ1v) is 6.86. The Morgan fingerprint density at radius 3 is 2.45 bits per heavy atom. The number of nitrogen functional groups attached to an aromatic ring is 1. The molecule has 0 radical (unpaired) electrons. The Morgan fingerprint density at radius 1 is 1.30 bits per heavy atom. The molecule has 20 heavy (non-hydrogen) atoms. The van der Waals surface area contributed by atoms with E-state index in [9.17, 15) is 0 Å². The second-order valence-electron chi connectivity index (χ2n) is 4.88. The molecule has 0 bridgehead atoms. The maximum Gasteiger partial charge on any atom is 0.145 e. The Hall–Kier alpha value is -1.44. The Bertz CT molecular complexity index is 431. The number of ether oxygens (including phenoxy) is 2. The van der Waals surface area contributed by atoms with Crippen LogP contribution in [0.15, 0.2) is 6.07 Å². The van der Waals surface area contributed by atoms with Crippen LogP contribution in [0.2, 0.25) is 0 Å². The molecular formula is C13H23N5O2. The van der Waals surface area contributed by atoms with Gasteiger partial charge in [0.05, 0.1) is 0 Å². The molecule has 1 aromatic heterocycles. The zero-order valence-electron chi connectivity index (χ0n) is 12.3. The van der Waals surface area contributed by atoms with Crippen molar-refractivity contribution in [3.63, 3.8) is 0 Å². The van der Waals surface area contributed by atoms with Crippen LogP contribution in [0.25, 0.3) is 0 Å². The molecule has 0 aliphatic carbocycles.